The van der Waals surface area contributed by atoms with Crippen molar-refractivity contribution in [3.05, 3.63) is 28.2 Å². The lowest BCUT2D eigenvalue weighted by molar-refractivity contribution is -0.115. The number of anilines is 2. The van der Waals surface area contributed by atoms with Crippen LogP contribution in [-0.2, 0) is 16.1 Å². The summed E-state index contributed by atoms with van der Waals surface area (Å²) in [5, 5.41) is 12.3. The average Bonchev–Trinajstić information content (AvgIpc) is 3.06. The summed E-state index contributed by atoms with van der Waals surface area (Å²) in [5.74, 6) is 1.24. The van der Waals surface area contributed by atoms with Crippen LogP contribution in [0.2, 0.25) is 0 Å². The molecule has 2 aromatic rings. The summed E-state index contributed by atoms with van der Waals surface area (Å²) in [5.41, 5.74) is 1.90. The van der Waals surface area contributed by atoms with Crippen LogP contribution < -0.4 is 10.2 Å². The van der Waals surface area contributed by atoms with Crippen molar-refractivity contribution in [3.8, 4) is 0 Å². The zero-order valence-electron chi connectivity index (χ0n) is 17.3. The number of hydrogen-bond acceptors (Lipinski definition) is 6. The van der Waals surface area contributed by atoms with Crippen molar-refractivity contribution >= 4 is 45.2 Å². The SMILES string of the molecule is Cc1ccc(NC(=O)C(C)Sc2nnc(N3CCOCC3)n2CC(C)C)c(Br)c1. The van der Waals surface area contributed by atoms with Gasteiger partial charge in [-0.3, -0.25) is 9.36 Å². The van der Waals surface area contributed by atoms with Crippen LogP contribution in [0.25, 0.3) is 0 Å². The molecule has 1 aromatic heterocycles. The predicted molar refractivity (Wildman–Crippen MR) is 121 cm³/mol. The van der Waals surface area contributed by atoms with Gasteiger partial charge in [0, 0.05) is 24.1 Å². The number of nitrogens with zero attached hydrogens (tertiary/aromatic N) is 4. The smallest absolute Gasteiger partial charge is 0.237 e. The van der Waals surface area contributed by atoms with E-state index in [2.05, 4.69) is 54.8 Å². The summed E-state index contributed by atoms with van der Waals surface area (Å²) in [4.78, 5) is 15.0. The van der Waals surface area contributed by atoms with Crippen LogP contribution in [0, 0.1) is 12.8 Å². The number of carbonyl (C=O) groups is 1. The van der Waals surface area contributed by atoms with Gasteiger partial charge in [-0.1, -0.05) is 31.7 Å². The molecule has 0 spiro atoms. The number of morpholine rings is 1. The van der Waals surface area contributed by atoms with Crippen molar-refractivity contribution in [2.45, 2.75) is 44.6 Å². The Kier molecular flexibility index (Phi) is 7.59. The fraction of sp³-hybridized carbons (Fsp3) is 0.550. The number of nitrogens with one attached hydrogen (secondary N) is 1. The van der Waals surface area contributed by atoms with E-state index in [-0.39, 0.29) is 11.2 Å². The third kappa shape index (κ3) is 5.73. The monoisotopic (exact) mass is 481 g/mol. The zero-order valence-corrected chi connectivity index (χ0v) is 19.7. The van der Waals surface area contributed by atoms with E-state index in [9.17, 15) is 4.79 Å². The van der Waals surface area contributed by atoms with Gasteiger partial charge in [0.2, 0.25) is 11.9 Å². The third-order valence-electron chi connectivity index (χ3n) is 4.57. The number of amides is 1. The van der Waals surface area contributed by atoms with Gasteiger partial charge in [-0.15, -0.1) is 10.2 Å². The van der Waals surface area contributed by atoms with Crippen molar-refractivity contribution < 1.29 is 9.53 Å². The van der Waals surface area contributed by atoms with E-state index in [4.69, 9.17) is 4.74 Å². The van der Waals surface area contributed by atoms with Gasteiger partial charge in [0.15, 0.2) is 5.16 Å². The van der Waals surface area contributed by atoms with E-state index in [0.717, 1.165) is 46.5 Å². The average molecular weight is 482 g/mol. The molecule has 0 aliphatic carbocycles. The highest BCUT2D eigenvalue weighted by atomic mass is 79.9. The standard InChI is InChI=1S/C20H28BrN5O2S/c1-13(2)12-26-19(25-7-9-28-10-8-25)23-24-20(26)29-15(4)18(27)22-17-6-5-14(3)11-16(17)21/h5-6,11,13,15H,7-10,12H2,1-4H3,(H,22,27). The van der Waals surface area contributed by atoms with Crippen LogP contribution in [0.5, 0.6) is 0 Å². The van der Waals surface area contributed by atoms with E-state index < -0.39 is 0 Å². The number of hydrogen-bond donors (Lipinski definition) is 1. The van der Waals surface area contributed by atoms with E-state index in [1.807, 2.05) is 32.0 Å². The van der Waals surface area contributed by atoms with Gasteiger partial charge in [0.1, 0.15) is 0 Å². The molecule has 7 nitrogen and oxygen atoms in total. The van der Waals surface area contributed by atoms with Crippen molar-refractivity contribution in [3.63, 3.8) is 0 Å². The fourth-order valence-electron chi connectivity index (χ4n) is 3.06. The topological polar surface area (TPSA) is 72.3 Å². The van der Waals surface area contributed by atoms with Crippen molar-refractivity contribution in [1.29, 1.82) is 0 Å². The molecule has 1 unspecified atom stereocenters. The molecule has 1 aliphatic rings. The van der Waals surface area contributed by atoms with E-state index in [1.54, 1.807) is 0 Å². The van der Waals surface area contributed by atoms with Gasteiger partial charge in [-0.2, -0.15) is 0 Å². The lowest BCUT2D eigenvalue weighted by atomic mass is 10.2. The Hall–Kier alpha value is -1.58. The summed E-state index contributed by atoms with van der Waals surface area (Å²) in [7, 11) is 0. The van der Waals surface area contributed by atoms with Gasteiger partial charge in [-0.25, -0.2) is 0 Å². The van der Waals surface area contributed by atoms with Crippen LogP contribution in [0.3, 0.4) is 0 Å². The molecule has 1 saturated heterocycles. The van der Waals surface area contributed by atoms with Crippen LogP contribution >= 0.6 is 27.7 Å². The van der Waals surface area contributed by atoms with Gasteiger partial charge < -0.3 is 15.0 Å². The Balaban J connectivity index is 1.73. The minimum Gasteiger partial charge on any atom is -0.378 e. The quantitative estimate of drug-likeness (QED) is 0.603. The molecule has 1 aromatic carbocycles. The van der Waals surface area contributed by atoms with Crippen LogP contribution in [0.4, 0.5) is 11.6 Å². The number of rotatable bonds is 7. The van der Waals surface area contributed by atoms with Gasteiger partial charge in [0.25, 0.3) is 0 Å². The van der Waals surface area contributed by atoms with Crippen molar-refractivity contribution in [1.82, 2.24) is 14.8 Å². The Morgan fingerprint density at radius 2 is 2.00 bits per heavy atom. The molecule has 1 atom stereocenters. The zero-order chi connectivity index (χ0) is 21.0. The fourth-order valence-corrected chi connectivity index (χ4v) is 4.50. The molecule has 29 heavy (non-hydrogen) atoms. The molecular weight excluding hydrogens is 454 g/mol. The van der Waals surface area contributed by atoms with E-state index in [0.29, 0.717) is 19.1 Å². The first-order chi connectivity index (χ1) is 13.8. The molecule has 0 saturated carbocycles. The van der Waals surface area contributed by atoms with Crippen molar-refractivity contribution in [2.24, 2.45) is 5.92 Å². The Labute approximate surface area is 184 Å². The lowest BCUT2D eigenvalue weighted by Crippen LogP contribution is -2.38. The molecular formula is C20H28BrN5O2S. The third-order valence-corrected chi connectivity index (χ3v) is 6.31. The maximum Gasteiger partial charge on any atom is 0.237 e. The predicted octanol–water partition coefficient (Wildman–Crippen LogP) is 3.96. The summed E-state index contributed by atoms with van der Waals surface area (Å²) < 4.78 is 8.46. The highest BCUT2D eigenvalue weighted by Gasteiger charge is 2.24. The van der Waals surface area contributed by atoms with E-state index >= 15 is 0 Å². The lowest BCUT2D eigenvalue weighted by Gasteiger charge is -2.28. The number of carbonyl (C=O) groups excluding carboxylic acids is 1. The molecule has 1 fully saturated rings. The van der Waals surface area contributed by atoms with Crippen LogP contribution in [0.15, 0.2) is 27.8 Å². The normalized spacial score (nSPS) is 15.6. The van der Waals surface area contributed by atoms with Gasteiger partial charge >= 0.3 is 0 Å². The molecule has 3 rings (SSSR count). The molecule has 1 N–H and O–H groups in total. The van der Waals surface area contributed by atoms with Gasteiger partial charge in [-0.05, 0) is 53.4 Å². The maximum absolute atomic E-state index is 12.8. The molecule has 9 heteroatoms. The second-order valence-electron chi connectivity index (χ2n) is 7.62. The second-order valence-corrected chi connectivity index (χ2v) is 9.78. The summed E-state index contributed by atoms with van der Waals surface area (Å²) in [6, 6.07) is 5.87. The molecule has 0 radical (unpaired) electrons. The summed E-state index contributed by atoms with van der Waals surface area (Å²) in [6.45, 7) is 12.1. The molecule has 2 heterocycles. The number of aryl methyl sites for hydroxylation is 1. The van der Waals surface area contributed by atoms with Gasteiger partial charge in [0.05, 0.1) is 24.2 Å². The first kappa shape index (κ1) is 22.1. The largest absolute Gasteiger partial charge is 0.378 e. The first-order valence-corrected chi connectivity index (χ1v) is 11.5. The molecule has 1 amide bonds. The number of ether oxygens (including phenoxy) is 1. The van der Waals surface area contributed by atoms with Crippen LogP contribution in [-0.4, -0.2) is 52.2 Å². The number of benzene rings is 1. The number of halogens is 1. The highest BCUT2D eigenvalue weighted by molar-refractivity contribution is 9.10. The number of thioether (sulfide) groups is 1. The second kappa shape index (κ2) is 9.95. The first-order valence-electron chi connectivity index (χ1n) is 9.84. The van der Waals surface area contributed by atoms with E-state index in [1.165, 1.54) is 11.8 Å². The summed E-state index contributed by atoms with van der Waals surface area (Å²) in [6.07, 6.45) is 0. The molecule has 0 bridgehead atoms. The minimum absolute atomic E-state index is 0.0634. The maximum atomic E-state index is 12.8. The number of aromatic nitrogens is 3. The summed E-state index contributed by atoms with van der Waals surface area (Å²) >= 11 is 4.95. The molecule has 1 aliphatic heterocycles. The Morgan fingerprint density at radius 1 is 1.28 bits per heavy atom. The van der Waals surface area contributed by atoms with Crippen molar-refractivity contribution in [2.75, 3.05) is 36.5 Å². The minimum atomic E-state index is -0.309. The Morgan fingerprint density at radius 3 is 2.66 bits per heavy atom. The highest BCUT2D eigenvalue weighted by Crippen LogP contribution is 2.29. The Bertz CT molecular complexity index is 851. The molecule has 158 valence electrons. The van der Waals surface area contributed by atoms with Crippen LogP contribution in [0.1, 0.15) is 26.3 Å².